The van der Waals surface area contributed by atoms with E-state index in [1.807, 2.05) is 0 Å². The second kappa shape index (κ2) is 5.50. The molecular weight excluding hydrogens is 303 g/mol. The number of rotatable bonds is 3. The maximum absolute atomic E-state index is 12.7. The second-order valence-electron chi connectivity index (χ2n) is 3.17. The molecule has 1 amide bonds. The third-order valence-corrected chi connectivity index (χ3v) is 2.33. The van der Waals surface area contributed by atoms with E-state index in [2.05, 4.69) is 26.0 Å². The minimum Gasteiger partial charge on any atom is -0.375 e. The van der Waals surface area contributed by atoms with Crippen LogP contribution >= 0.6 is 15.9 Å². The summed E-state index contributed by atoms with van der Waals surface area (Å²) in [5, 5.41) is 2.14. The van der Waals surface area contributed by atoms with Gasteiger partial charge in [0.05, 0.1) is 11.3 Å². The monoisotopic (exact) mass is 311 g/mol. The van der Waals surface area contributed by atoms with E-state index in [4.69, 9.17) is 0 Å². The zero-order chi connectivity index (χ0) is 13.1. The van der Waals surface area contributed by atoms with Crippen LogP contribution in [0.1, 0.15) is 5.56 Å². The van der Waals surface area contributed by atoms with Gasteiger partial charge in [0.25, 0.3) is 0 Å². The van der Waals surface area contributed by atoms with Crippen LogP contribution in [0.4, 0.5) is 18.9 Å². The number of methoxy groups -OCH3 is 1. The molecule has 1 N–H and O–H groups in total. The van der Waals surface area contributed by atoms with Gasteiger partial charge < -0.3 is 10.1 Å². The van der Waals surface area contributed by atoms with Gasteiger partial charge in [0.1, 0.15) is 6.61 Å². The molecule has 0 aliphatic carbocycles. The van der Waals surface area contributed by atoms with Gasteiger partial charge in [-0.2, -0.15) is 13.2 Å². The lowest BCUT2D eigenvalue weighted by molar-refractivity contribution is -0.137. The van der Waals surface area contributed by atoms with E-state index in [9.17, 15) is 18.0 Å². The molecule has 17 heavy (non-hydrogen) atoms. The molecule has 7 heteroatoms. The van der Waals surface area contributed by atoms with E-state index in [-0.39, 0.29) is 16.8 Å². The minimum atomic E-state index is -4.53. The lowest BCUT2D eigenvalue weighted by Crippen LogP contribution is -2.20. The molecule has 0 atom stereocenters. The number of hydrogen-bond acceptors (Lipinski definition) is 2. The van der Waals surface area contributed by atoms with E-state index >= 15 is 0 Å². The molecule has 1 aromatic carbocycles. The summed E-state index contributed by atoms with van der Waals surface area (Å²) in [6, 6.07) is 3.50. The Kier molecular flexibility index (Phi) is 4.53. The first kappa shape index (κ1) is 14.0. The van der Waals surface area contributed by atoms with Crippen LogP contribution in [-0.2, 0) is 15.7 Å². The van der Waals surface area contributed by atoms with Gasteiger partial charge in [0.15, 0.2) is 0 Å². The Labute approximate surface area is 104 Å². The SMILES string of the molecule is COCC(=O)Nc1ccc(Br)cc1C(F)(F)F. The lowest BCUT2D eigenvalue weighted by atomic mass is 10.1. The number of carbonyl (C=O) groups is 1. The fourth-order valence-electron chi connectivity index (χ4n) is 1.18. The van der Waals surface area contributed by atoms with Crippen molar-refractivity contribution in [3.8, 4) is 0 Å². The fraction of sp³-hybridized carbons (Fsp3) is 0.300. The summed E-state index contributed by atoms with van der Waals surface area (Å²) in [6.07, 6.45) is -4.53. The number of hydrogen-bond donors (Lipinski definition) is 1. The van der Waals surface area contributed by atoms with Crippen LogP contribution in [0.5, 0.6) is 0 Å². The highest BCUT2D eigenvalue weighted by molar-refractivity contribution is 9.10. The molecule has 0 saturated carbocycles. The van der Waals surface area contributed by atoms with Gasteiger partial charge in [-0.15, -0.1) is 0 Å². The van der Waals surface area contributed by atoms with Crippen molar-refractivity contribution >= 4 is 27.5 Å². The average molecular weight is 312 g/mol. The lowest BCUT2D eigenvalue weighted by Gasteiger charge is -2.13. The van der Waals surface area contributed by atoms with Gasteiger partial charge in [-0.25, -0.2) is 0 Å². The van der Waals surface area contributed by atoms with Gasteiger partial charge in [-0.1, -0.05) is 15.9 Å². The second-order valence-corrected chi connectivity index (χ2v) is 4.08. The largest absolute Gasteiger partial charge is 0.418 e. The van der Waals surface area contributed by atoms with Crippen molar-refractivity contribution in [1.29, 1.82) is 0 Å². The van der Waals surface area contributed by atoms with Crippen LogP contribution in [0.15, 0.2) is 22.7 Å². The zero-order valence-electron chi connectivity index (χ0n) is 8.77. The van der Waals surface area contributed by atoms with Crippen LogP contribution in [0, 0.1) is 0 Å². The average Bonchev–Trinajstić information content (AvgIpc) is 2.19. The summed E-state index contributed by atoms with van der Waals surface area (Å²) in [5.41, 5.74) is -1.20. The number of ether oxygens (including phenoxy) is 1. The predicted octanol–water partition coefficient (Wildman–Crippen LogP) is 3.05. The molecular formula is C10H9BrF3NO2. The molecule has 0 radical (unpaired) electrons. The van der Waals surface area contributed by atoms with E-state index in [1.165, 1.54) is 19.2 Å². The Morgan fingerprint density at radius 3 is 2.65 bits per heavy atom. The fourth-order valence-corrected chi connectivity index (χ4v) is 1.54. The topological polar surface area (TPSA) is 38.3 Å². The maximum atomic E-state index is 12.7. The third-order valence-electron chi connectivity index (χ3n) is 1.84. The number of halogens is 4. The highest BCUT2D eigenvalue weighted by atomic mass is 79.9. The summed E-state index contributed by atoms with van der Waals surface area (Å²) in [4.78, 5) is 11.2. The zero-order valence-corrected chi connectivity index (χ0v) is 10.4. The maximum Gasteiger partial charge on any atom is 0.418 e. The molecule has 3 nitrogen and oxygen atoms in total. The molecule has 0 fully saturated rings. The van der Waals surface area contributed by atoms with E-state index < -0.39 is 17.6 Å². The molecule has 94 valence electrons. The number of benzene rings is 1. The quantitative estimate of drug-likeness (QED) is 0.931. The van der Waals surface area contributed by atoms with E-state index in [0.29, 0.717) is 0 Å². The summed E-state index contributed by atoms with van der Waals surface area (Å²) in [6.45, 7) is -0.298. The van der Waals surface area contributed by atoms with Gasteiger partial charge >= 0.3 is 6.18 Å². The molecule has 0 unspecified atom stereocenters. The van der Waals surface area contributed by atoms with Crippen molar-refractivity contribution in [2.45, 2.75) is 6.18 Å². The van der Waals surface area contributed by atoms with Crippen LogP contribution < -0.4 is 5.32 Å². The van der Waals surface area contributed by atoms with E-state index in [1.54, 1.807) is 0 Å². The number of amides is 1. The van der Waals surface area contributed by atoms with Crippen molar-refractivity contribution in [3.63, 3.8) is 0 Å². The van der Waals surface area contributed by atoms with Crippen LogP contribution in [0.2, 0.25) is 0 Å². The normalized spacial score (nSPS) is 11.4. The smallest absolute Gasteiger partial charge is 0.375 e. The van der Waals surface area contributed by atoms with Crippen LogP contribution in [-0.4, -0.2) is 19.6 Å². The molecule has 1 aromatic rings. The molecule has 0 spiro atoms. The van der Waals surface area contributed by atoms with Crippen LogP contribution in [0.25, 0.3) is 0 Å². The number of nitrogens with one attached hydrogen (secondary N) is 1. The number of anilines is 1. The first-order valence-electron chi connectivity index (χ1n) is 4.50. The molecule has 0 heterocycles. The van der Waals surface area contributed by atoms with Gasteiger partial charge in [-0.3, -0.25) is 4.79 Å². The molecule has 0 aliphatic heterocycles. The first-order valence-corrected chi connectivity index (χ1v) is 5.29. The summed E-state index contributed by atoms with van der Waals surface area (Å²) >= 11 is 2.95. The molecule has 0 aromatic heterocycles. The van der Waals surface area contributed by atoms with Crippen molar-refractivity contribution in [2.75, 3.05) is 19.0 Å². The Morgan fingerprint density at radius 1 is 1.47 bits per heavy atom. The molecule has 0 bridgehead atoms. The highest BCUT2D eigenvalue weighted by Gasteiger charge is 2.34. The summed E-state index contributed by atoms with van der Waals surface area (Å²) < 4.78 is 42.8. The Bertz CT molecular complexity index is 421. The van der Waals surface area contributed by atoms with Crippen molar-refractivity contribution in [3.05, 3.63) is 28.2 Å². The van der Waals surface area contributed by atoms with Crippen LogP contribution in [0.3, 0.4) is 0 Å². The summed E-state index contributed by atoms with van der Waals surface area (Å²) in [5.74, 6) is -0.639. The Hall–Kier alpha value is -1.08. The van der Waals surface area contributed by atoms with E-state index in [0.717, 1.165) is 6.07 Å². The Balaban J connectivity index is 3.03. The molecule has 0 aliphatic rings. The summed E-state index contributed by atoms with van der Waals surface area (Å²) in [7, 11) is 1.28. The number of carbonyl (C=O) groups excluding carboxylic acids is 1. The molecule has 1 rings (SSSR count). The minimum absolute atomic E-state index is 0.287. The van der Waals surface area contributed by atoms with Crippen molar-refractivity contribution in [1.82, 2.24) is 0 Å². The van der Waals surface area contributed by atoms with Crippen molar-refractivity contribution in [2.24, 2.45) is 0 Å². The first-order chi connectivity index (χ1) is 7.84. The number of alkyl halides is 3. The van der Waals surface area contributed by atoms with Gasteiger partial charge in [0.2, 0.25) is 5.91 Å². The van der Waals surface area contributed by atoms with Crippen molar-refractivity contribution < 1.29 is 22.7 Å². The Morgan fingerprint density at radius 2 is 2.12 bits per heavy atom. The highest BCUT2D eigenvalue weighted by Crippen LogP contribution is 2.36. The molecule has 0 saturated heterocycles. The third kappa shape index (κ3) is 4.01. The predicted molar refractivity (Wildman–Crippen MR) is 59.6 cm³/mol. The van der Waals surface area contributed by atoms with Gasteiger partial charge in [-0.05, 0) is 18.2 Å². The standard InChI is InChI=1S/C10H9BrF3NO2/c1-17-5-9(16)15-8-3-2-6(11)4-7(8)10(12,13)14/h2-4H,5H2,1H3,(H,15,16). The van der Waals surface area contributed by atoms with Gasteiger partial charge in [0, 0.05) is 11.6 Å².